The topological polar surface area (TPSA) is 70.9 Å². The Morgan fingerprint density at radius 3 is 2.63 bits per heavy atom. The first-order valence-corrected chi connectivity index (χ1v) is 6.72. The number of anilines is 1. The van der Waals surface area contributed by atoms with Gasteiger partial charge in [-0.3, -0.25) is 9.25 Å². The average molecular weight is 265 g/mol. The van der Waals surface area contributed by atoms with Crippen LogP contribution in [0.1, 0.15) is 32.5 Å². The number of rotatable bonds is 5. The summed E-state index contributed by atoms with van der Waals surface area (Å²) in [6.07, 6.45) is 0. The summed E-state index contributed by atoms with van der Waals surface area (Å²) in [6, 6.07) is 0.166. The zero-order chi connectivity index (χ0) is 14.2. The largest absolute Gasteiger partial charge is 0.380 e. The van der Waals surface area contributed by atoms with Crippen molar-refractivity contribution in [2.75, 3.05) is 18.9 Å². The van der Waals surface area contributed by atoms with Crippen molar-refractivity contribution >= 4 is 17.1 Å². The van der Waals surface area contributed by atoms with Gasteiger partial charge < -0.3 is 10.5 Å². The molecule has 2 heterocycles. The molecule has 0 bridgehead atoms. The number of hydrogen-bond acceptors (Lipinski definition) is 4. The molecule has 6 heteroatoms. The molecule has 0 aliphatic heterocycles. The lowest BCUT2D eigenvalue weighted by Crippen LogP contribution is -2.23. The predicted octanol–water partition coefficient (Wildman–Crippen LogP) is 1.89. The van der Waals surface area contributed by atoms with Gasteiger partial charge >= 0.3 is 0 Å². The minimum atomic E-state index is 0.166. The van der Waals surface area contributed by atoms with Crippen molar-refractivity contribution in [2.24, 2.45) is 13.0 Å². The third-order valence-electron chi connectivity index (χ3n) is 3.46. The maximum atomic E-state index is 6.10. The summed E-state index contributed by atoms with van der Waals surface area (Å²) in [5, 5.41) is 4.41. The highest BCUT2D eigenvalue weighted by molar-refractivity contribution is 5.77. The van der Waals surface area contributed by atoms with Crippen LogP contribution in [0.5, 0.6) is 0 Å². The van der Waals surface area contributed by atoms with Crippen LogP contribution in [0.25, 0.3) is 11.2 Å². The molecule has 0 fully saturated rings. The summed E-state index contributed by atoms with van der Waals surface area (Å²) in [7, 11) is 1.92. The molecule has 2 aromatic rings. The number of imidazole rings is 1. The zero-order valence-electron chi connectivity index (χ0n) is 12.3. The van der Waals surface area contributed by atoms with Crippen LogP contribution in [0.15, 0.2) is 0 Å². The van der Waals surface area contributed by atoms with E-state index in [2.05, 4.69) is 28.5 Å². The van der Waals surface area contributed by atoms with E-state index in [4.69, 9.17) is 10.5 Å². The maximum absolute atomic E-state index is 6.10. The molecule has 0 amide bonds. The Hall–Kier alpha value is -1.56. The molecule has 0 aromatic carbocycles. The van der Waals surface area contributed by atoms with Gasteiger partial charge in [-0.05, 0) is 19.8 Å². The molecule has 0 saturated heterocycles. The van der Waals surface area contributed by atoms with Crippen LogP contribution in [-0.2, 0) is 11.8 Å². The quantitative estimate of drug-likeness (QED) is 0.896. The van der Waals surface area contributed by atoms with Gasteiger partial charge in [0.25, 0.3) is 0 Å². The highest BCUT2D eigenvalue weighted by Crippen LogP contribution is 2.28. The van der Waals surface area contributed by atoms with Gasteiger partial charge in [-0.2, -0.15) is 5.10 Å². The number of nitrogens with two attached hydrogens (primary N) is 1. The Morgan fingerprint density at radius 1 is 1.37 bits per heavy atom. The molecule has 2 rings (SSSR count). The number of aromatic nitrogens is 4. The third-order valence-corrected chi connectivity index (χ3v) is 3.46. The molecule has 0 aliphatic rings. The standard InChI is InChI=1S/C13H23N5O/c1-6-19-7-10(8(2)3)18-12-11(15-13(18)14)9(4)16-17(12)5/h8,10H,6-7H2,1-5H3,(H2,14,15). The van der Waals surface area contributed by atoms with Crippen molar-refractivity contribution in [1.29, 1.82) is 0 Å². The van der Waals surface area contributed by atoms with E-state index in [1.54, 1.807) is 0 Å². The summed E-state index contributed by atoms with van der Waals surface area (Å²) in [5.74, 6) is 0.936. The Labute approximate surface area is 113 Å². The van der Waals surface area contributed by atoms with Gasteiger partial charge in [-0.1, -0.05) is 13.8 Å². The van der Waals surface area contributed by atoms with Crippen LogP contribution in [0, 0.1) is 12.8 Å². The molecular weight excluding hydrogens is 242 g/mol. The second-order valence-corrected chi connectivity index (χ2v) is 5.19. The van der Waals surface area contributed by atoms with E-state index in [0.29, 0.717) is 25.1 Å². The van der Waals surface area contributed by atoms with Gasteiger partial charge in [0.05, 0.1) is 18.3 Å². The number of hydrogen-bond donors (Lipinski definition) is 1. The molecule has 19 heavy (non-hydrogen) atoms. The first-order chi connectivity index (χ1) is 8.97. The van der Waals surface area contributed by atoms with Crippen molar-refractivity contribution in [1.82, 2.24) is 19.3 Å². The first-order valence-electron chi connectivity index (χ1n) is 6.72. The molecule has 1 atom stereocenters. The molecule has 1 unspecified atom stereocenters. The third kappa shape index (κ3) is 2.32. The van der Waals surface area contributed by atoms with Crippen LogP contribution in [-0.4, -0.2) is 32.5 Å². The summed E-state index contributed by atoms with van der Waals surface area (Å²) < 4.78 is 9.49. The molecular formula is C13H23N5O. The smallest absolute Gasteiger partial charge is 0.202 e. The summed E-state index contributed by atoms with van der Waals surface area (Å²) in [6.45, 7) is 9.61. The lowest BCUT2D eigenvalue weighted by atomic mass is 10.1. The fourth-order valence-electron chi connectivity index (χ4n) is 2.44. The fourth-order valence-corrected chi connectivity index (χ4v) is 2.44. The van der Waals surface area contributed by atoms with Gasteiger partial charge in [-0.15, -0.1) is 0 Å². The molecule has 6 nitrogen and oxygen atoms in total. The Kier molecular flexibility index (Phi) is 3.80. The van der Waals surface area contributed by atoms with Crippen LogP contribution in [0.3, 0.4) is 0 Å². The highest BCUT2D eigenvalue weighted by atomic mass is 16.5. The second kappa shape index (κ2) is 5.21. The van der Waals surface area contributed by atoms with Gasteiger partial charge in [0, 0.05) is 13.7 Å². The highest BCUT2D eigenvalue weighted by Gasteiger charge is 2.24. The molecule has 0 aliphatic carbocycles. The molecule has 0 saturated carbocycles. The average Bonchev–Trinajstić information content (AvgIpc) is 2.79. The number of ether oxygens (including phenoxy) is 1. The predicted molar refractivity (Wildman–Crippen MR) is 76.0 cm³/mol. The lowest BCUT2D eigenvalue weighted by molar-refractivity contribution is 0.0983. The fraction of sp³-hybridized carbons (Fsp3) is 0.692. The minimum Gasteiger partial charge on any atom is -0.380 e. The van der Waals surface area contributed by atoms with E-state index < -0.39 is 0 Å². The van der Waals surface area contributed by atoms with Crippen LogP contribution in [0.4, 0.5) is 5.95 Å². The Bertz CT molecular complexity index is 569. The van der Waals surface area contributed by atoms with E-state index in [0.717, 1.165) is 16.9 Å². The van der Waals surface area contributed by atoms with Gasteiger partial charge in [0.2, 0.25) is 5.95 Å². The number of fused-ring (bicyclic) bond motifs is 1. The van der Waals surface area contributed by atoms with Crippen LogP contribution in [0.2, 0.25) is 0 Å². The number of aryl methyl sites for hydroxylation is 2. The maximum Gasteiger partial charge on any atom is 0.202 e. The van der Waals surface area contributed by atoms with Gasteiger partial charge in [0.15, 0.2) is 5.65 Å². The monoisotopic (exact) mass is 265 g/mol. The van der Waals surface area contributed by atoms with Crippen LogP contribution >= 0.6 is 0 Å². The zero-order valence-corrected chi connectivity index (χ0v) is 12.3. The van der Waals surface area contributed by atoms with Crippen molar-refractivity contribution in [3.63, 3.8) is 0 Å². The van der Waals surface area contributed by atoms with Crippen molar-refractivity contribution < 1.29 is 4.74 Å². The molecule has 2 aromatic heterocycles. The van der Waals surface area contributed by atoms with Crippen molar-refractivity contribution in [2.45, 2.75) is 33.7 Å². The number of nitrogen functional groups attached to an aromatic ring is 1. The van der Waals surface area contributed by atoms with Crippen molar-refractivity contribution in [3.8, 4) is 0 Å². The molecule has 0 spiro atoms. The minimum absolute atomic E-state index is 0.166. The molecule has 106 valence electrons. The molecule has 2 N–H and O–H groups in total. The van der Waals surface area contributed by atoms with E-state index in [-0.39, 0.29) is 6.04 Å². The van der Waals surface area contributed by atoms with E-state index >= 15 is 0 Å². The van der Waals surface area contributed by atoms with E-state index in [9.17, 15) is 0 Å². The van der Waals surface area contributed by atoms with Gasteiger partial charge in [0.1, 0.15) is 5.52 Å². The normalized spacial score (nSPS) is 13.6. The van der Waals surface area contributed by atoms with E-state index in [1.165, 1.54) is 0 Å². The van der Waals surface area contributed by atoms with Crippen molar-refractivity contribution in [3.05, 3.63) is 5.69 Å². The Morgan fingerprint density at radius 2 is 2.05 bits per heavy atom. The van der Waals surface area contributed by atoms with E-state index in [1.807, 2.05) is 25.6 Å². The lowest BCUT2D eigenvalue weighted by Gasteiger charge is -2.23. The first kappa shape index (κ1) is 13.9. The summed E-state index contributed by atoms with van der Waals surface area (Å²) in [4.78, 5) is 4.45. The number of nitrogens with zero attached hydrogens (tertiary/aromatic N) is 4. The van der Waals surface area contributed by atoms with Crippen LogP contribution < -0.4 is 5.73 Å². The second-order valence-electron chi connectivity index (χ2n) is 5.19. The SMILES string of the molecule is CCOCC(C(C)C)n1c(N)nc2c(C)nn(C)c21. The summed E-state index contributed by atoms with van der Waals surface area (Å²) in [5.41, 5.74) is 8.85. The Balaban J connectivity index is 2.55. The summed E-state index contributed by atoms with van der Waals surface area (Å²) >= 11 is 0. The van der Waals surface area contributed by atoms with Gasteiger partial charge in [-0.25, -0.2) is 4.98 Å². The molecule has 0 radical (unpaired) electrons.